The van der Waals surface area contributed by atoms with Gasteiger partial charge in [-0.3, -0.25) is 9.59 Å². The molecule has 1 aromatic rings. The molecule has 0 aliphatic rings. The van der Waals surface area contributed by atoms with E-state index in [1.165, 1.54) is 0 Å². The average molecular weight is 356 g/mol. The van der Waals surface area contributed by atoms with Crippen molar-refractivity contribution in [1.82, 2.24) is 9.80 Å². The van der Waals surface area contributed by atoms with Crippen LogP contribution in [0.15, 0.2) is 24.3 Å². The molecule has 6 heteroatoms. The summed E-state index contributed by atoms with van der Waals surface area (Å²) in [6, 6.07) is 6.86. The number of amides is 2. The van der Waals surface area contributed by atoms with Crippen molar-refractivity contribution >= 4 is 24.2 Å². The summed E-state index contributed by atoms with van der Waals surface area (Å²) in [7, 11) is 1.77. The van der Waals surface area contributed by atoms with Crippen LogP contribution >= 0.6 is 12.4 Å². The Balaban J connectivity index is 0.00000529. The van der Waals surface area contributed by atoms with E-state index in [1.54, 1.807) is 41.1 Å². The van der Waals surface area contributed by atoms with Gasteiger partial charge in [0.2, 0.25) is 0 Å². The third-order valence-electron chi connectivity index (χ3n) is 3.99. The summed E-state index contributed by atoms with van der Waals surface area (Å²) in [4.78, 5) is 28.2. The van der Waals surface area contributed by atoms with Crippen LogP contribution in [-0.4, -0.2) is 54.8 Å². The van der Waals surface area contributed by atoms with E-state index in [9.17, 15) is 9.59 Å². The lowest BCUT2D eigenvalue weighted by molar-refractivity contribution is 0.0737. The fourth-order valence-corrected chi connectivity index (χ4v) is 2.45. The molecular formula is C18H30ClN3O2. The van der Waals surface area contributed by atoms with Crippen LogP contribution < -0.4 is 5.73 Å². The Labute approximate surface area is 151 Å². The van der Waals surface area contributed by atoms with Crippen molar-refractivity contribution in [2.75, 3.05) is 33.2 Å². The van der Waals surface area contributed by atoms with Crippen LogP contribution in [0.1, 0.15) is 48.4 Å². The molecule has 2 amide bonds. The summed E-state index contributed by atoms with van der Waals surface area (Å²) < 4.78 is 0. The van der Waals surface area contributed by atoms with E-state index in [0.717, 1.165) is 0 Å². The summed E-state index contributed by atoms with van der Waals surface area (Å²) >= 11 is 0. The van der Waals surface area contributed by atoms with Crippen LogP contribution in [0.3, 0.4) is 0 Å². The van der Waals surface area contributed by atoms with Gasteiger partial charge in [-0.05, 0) is 50.1 Å². The lowest BCUT2D eigenvalue weighted by atomic mass is 9.93. The maximum atomic E-state index is 12.5. The molecule has 136 valence electrons. The maximum absolute atomic E-state index is 12.5. The second kappa shape index (κ2) is 9.64. The second-order valence-corrected chi connectivity index (χ2v) is 6.58. The van der Waals surface area contributed by atoms with Crippen LogP contribution in [0.4, 0.5) is 0 Å². The molecule has 0 radical (unpaired) electrons. The first-order chi connectivity index (χ1) is 10.8. The summed E-state index contributed by atoms with van der Waals surface area (Å²) in [6.45, 7) is 10.4. The number of carbonyl (C=O) groups excluding carboxylic acids is 2. The largest absolute Gasteiger partial charge is 0.341 e. The van der Waals surface area contributed by atoms with Crippen molar-refractivity contribution in [3.8, 4) is 0 Å². The number of benzene rings is 1. The molecule has 0 spiro atoms. The van der Waals surface area contributed by atoms with Gasteiger partial charge in [0, 0.05) is 37.8 Å². The van der Waals surface area contributed by atoms with E-state index in [0.29, 0.717) is 37.3 Å². The van der Waals surface area contributed by atoms with Gasteiger partial charge in [-0.25, -0.2) is 0 Å². The van der Waals surface area contributed by atoms with E-state index in [-0.39, 0.29) is 29.6 Å². The fourth-order valence-electron chi connectivity index (χ4n) is 2.45. The summed E-state index contributed by atoms with van der Waals surface area (Å²) in [5.74, 6) is -0.0695. The molecule has 0 unspecified atom stereocenters. The van der Waals surface area contributed by atoms with E-state index in [1.807, 2.05) is 27.7 Å². The Hall–Kier alpha value is -1.59. The van der Waals surface area contributed by atoms with Crippen molar-refractivity contribution in [3.05, 3.63) is 35.4 Å². The highest BCUT2D eigenvalue weighted by Crippen LogP contribution is 2.16. The molecule has 0 heterocycles. The first kappa shape index (κ1) is 22.4. The van der Waals surface area contributed by atoms with Gasteiger partial charge in [0.05, 0.1) is 0 Å². The van der Waals surface area contributed by atoms with Gasteiger partial charge >= 0.3 is 0 Å². The number of carbonyl (C=O) groups is 2. The standard InChI is InChI=1S/C18H29N3O2.ClH/c1-6-21(7-2)17(23)15-10-8-14(9-11-15)16(22)20(5)13-18(3,4)12-19;/h8-11H,6-7,12-13,19H2,1-5H3;1H. The first-order valence-electron chi connectivity index (χ1n) is 8.10. The molecule has 24 heavy (non-hydrogen) atoms. The zero-order valence-electron chi connectivity index (χ0n) is 15.3. The van der Waals surface area contributed by atoms with Crippen molar-refractivity contribution in [2.24, 2.45) is 11.1 Å². The van der Waals surface area contributed by atoms with Gasteiger partial charge in [-0.1, -0.05) is 13.8 Å². The van der Waals surface area contributed by atoms with Gasteiger partial charge in [-0.15, -0.1) is 12.4 Å². The SMILES string of the molecule is CCN(CC)C(=O)c1ccc(C(=O)N(C)CC(C)(C)CN)cc1.Cl. The highest BCUT2D eigenvalue weighted by atomic mass is 35.5. The highest BCUT2D eigenvalue weighted by Gasteiger charge is 2.22. The fraction of sp³-hybridized carbons (Fsp3) is 0.556. The lowest BCUT2D eigenvalue weighted by Gasteiger charge is -2.29. The Morgan fingerprint density at radius 1 is 1.00 bits per heavy atom. The maximum Gasteiger partial charge on any atom is 0.253 e. The predicted molar refractivity (Wildman–Crippen MR) is 101 cm³/mol. The van der Waals surface area contributed by atoms with E-state index in [2.05, 4.69) is 0 Å². The molecule has 0 bridgehead atoms. The third-order valence-corrected chi connectivity index (χ3v) is 3.99. The van der Waals surface area contributed by atoms with Crippen LogP contribution in [-0.2, 0) is 0 Å². The van der Waals surface area contributed by atoms with Gasteiger partial charge in [0.1, 0.15) is 0 Å². The zero-order valence-corrected chi connectivity index (χ0v) is 16.2. The lowest BCUT2D eigenvalue weighted by Crippen LogP contribution is -2.39. The molecule has 0 aliphatic heterocycles. The molecule has 2 N–H and O–H groups in total. The molecule has 0 aromatic heterocycles. The number of nitrogens with two attached hydrogens (primary N) is 1. The molecule has 5 nitrogen and oxygen atoms in total. The van der Waals surface area contributed by atoms with Gasteiger partial charge in [0.15, 0.2) is 0 Å². The topological polar surface area (TPSA) is 66.6 Å². The molecule has 1 rings (SSSR count). The smallest absolute Gasteiger partial charge is 0.253 e. The molecule has 0 fully saturated rings. The minimum absolute atomic E-state index is 0. The molecule has 0 saturated heterocycles. The quantitative estimate of drug-likeness (QED) is 0.817. The number of halogens is 1. The molecule has 0 atom stereocenters. The van der Waals surface area contributed by atoms with Crippen LogP contribution in [0.2, 0.25) is 0 Å². The minimum Gasteiger partial charge on any atom is -0.341 e. The van der Waals surface area contributed by atoms with Gasteiger partial charge in [-0.2, -0.15) is 0 Å². The van der Waals surface area contributed by atoms with E-state index < -0.39 is 0 Å². The molecule has 0 aliphatic carbocycles. The van der Waals surface area contributed by atoms with Crippen molar-refractivity contribution in [3.63, 3.8) is 0 Å². The monoisotopic (exact) mass is 355 g/mol. The Kier molecular flexibility index (Phi) is 9.01. The van der Waals surface area contributed by atoms with Crippen molar-refractivity contribution in [1.29, 1.82) is 0 Å². The number of rotatable bonds is 7. The Morgan fingerprint density at radius 3 is 1.79 bits per heavy atom. The van der Waals surface area contributed by atoms with Gasteiger partial charge < -0.3 is 15.5 Å². The average Bonchev–Trinajstić information content (AvgIpc) is 2.55. The predicted octanol–water partition coefficient (Wildman–Crippen LogP) is 2.65. The number of nitrogens with zero attached hydrogens (tertiary/aromatic N) is 2. The highest BCUT2D eigenvalue weighted by molar-refractivity contribution is 5.97. The zero-order chi connectivity index (χ0) is 17.6. The van der Waals surface area contributed by atoms with Gasteiger partial charge in [0.25, 0.3) is 11.8 Å². The van der Waals surface area contributed by atoms with E-state index >= 15 is 0 Å². The first-order valence-corrected chi connectivity index (χ1v) is 8.10. The normalized spacial score (nSPS) is 10.8. The molecule has 1 aromatic carbocycles. The number of hydrogen-bond donors (Lipinski definition) is 1. The van der Waals surface area contributed by atoms with E-state index in [4.69, 9.17) is 5.73 Å². The van der Waals surface area contributed by atoms with Crippen LogP contribution in [0.25, 0.3) is 0 Å². The van der Waals surface area contributed by atoms with Crippen molar-refractivity contribution < 1.29 is 9.59 Å². The van der Waals surface area contributed by atoms with Crippen LogP contribution in [0, 0.1) is 5.41 Å². The second-order valence-electron chi connectivity index (χ2n) is 6.58. The molecular weight excluding hydrogens is 326 g/mol. The van der Waals surface area contributed by atoms with Crippen molar-refractivity contribution in [2.45, 2.75) is 27.7 Å². The summed E-state index contributed by atoms with van der Waals surface area (Å²) in [5, 5.41) is 0. The molecule has 0 saturated carbocycles. The summed E-state index contributed by atoms with van der Waals surface area (Å²) in [5.41, 5.74) is 6.79. The minimum atomic E-state index is -0.122. The third kappa shape index (κ3) is 5.80. The summed E-state index contributed by atoms with van der Waals surface area (Å²) in [6.07, 6.45) is 0. The Bertz CT molecular complexity index is 540. The van der Waals surface area contributed by atoms with Crippen LogP contribution in [0.5, 0.6) is 0 Å². The number of hydrogen-bond acceptors (Lipinski definition) is 3. The Morgan fingerprint density at radius 2 is 1.42 bits per heavy atom.